The molecule has 2 heterocycles. The Labute approximate surface area is 208 Å². The molecule has 0 saturated carbocycles. The maximum absolute atomic E-state index is 13.0. The number of hydrogen-bond acceptors (Lipinski definition) is 6. The van der Waals surface area contributed by atoms with Crippen LogP contribution in [0, 0.1) is 0 Å². The third-order valence-electron chi connectivity index (χ3n) is 5.78. The van der Waals surface area contributed by atoms with Crippen LogP contribution < -0.4 is 15.6 Å². The van der Waals surface area contributed by atoms with E-state index in [2.05, 4.69) is 25.8 Å². The van der Waals surface area contributed by atoms with E-state index in [9.17, 15) is 9.59 Å². The van der Waals surface area contributed by atoms with E-state index in [1.54, 1.807) is 0 Å². The molecule has 180 valence electrons. The van der Waals surface area contributed by atoms with Crippen molar-refractivity contribution in [2.24, 2.45) is 5.10 Å². The van der Waals surface area contributed by atoms with Gasteiger partial charge < -0.3 is 5.32 Å². The summed E-state index contributed by atoms with van der Waals surface area (Å²) in [6.07, 6.45) is 1.85. The van der Waals surface area contributed by atoms with Gasteiger partial charge in [0.2, 0.25) is 11.9 Å². The SMILES string of the molecule is O=C(Cn1cnc(NC(=O)C2=NN(c3ccccc3)C(c3ccccc3)C2)n1)NCc1ccccc1. The first kappa shape index (κ1) is 23.0. The fourth-order valence-corrected chi connectivity index (χ4v) is 4.00. The Balaban J connectivity index is 1.23. The van der Waals surface area contributed by atoms with Gasteiger partial charge in [0.15, 0.2) is 0 Å². The molecular formula is C27H25N7O2. The lowest BCUT2D eigenvalue weighted by Gasteiger charge is -2.23. The van der Waals surface area contributed by atoms with E-state index in [-0.39, 0.29) is 30.3 Å². The lowest BCUT2D eigenvalue weighted by molar-refractivity contribution is -0.122. The third kappa shape index (κ3) is 5.47. The van der Waals surface area contributed by atoms with Crippen molar-refractivity contribution < 1.29 is 9.59 Å². The number of nitrogens with zero attached hydrogens (tertiary/aromatic N) is 5. The molecule has 0 spiro atoms. The molecule has 0 saturated heterocycles. The molecule has 2 N–H and O–H groups in total. The molecule has 0 aliphatic carbocycles. The minimum atomic E-state index is -0.374. The number of rotatable bonds is 8. The van der Waals surface area contributed by atoms with Gasteiger partial charge in [0, 0.05) is 13.0 Å². The molecule has 0 bridgehead atoms. The molecule has 1 unspecified atom stereocenters. The lowest BCUT2D eigenvalue weighted by Crippen LogP contribution is -2.27. The predicted molar refractivity (Wildman–Crippen MR) is 137 cm³/mol. The first-order chi connectivity index (χ1) is 17.7. The molecule has 3 aromatic carbocycles. The largest absolute Gasteiger partial charge is 0.350 e. The first-order valence-corrected chi connectivity index (χ1v) is 11.6. The molecule has 1 aromatic heterocycles. The number of anilines is 2. The lowest BCUT2D eigenvalue weighted by atomic mass is 10.0. The molecule has 1 aliphatic rings. The number of amides is 2. The number of hydrazone groups is 1. The number of carbonyl (C=O) groups is 2. The van der Waals surface area contributed by atoms with Gasteiger partial charge in [-0.2, -0.15) is 5.10 Å². The summed E-state index contributed by atoms with van der Waals surface area (Å²) in [6, 6.07) is 29.3. The van der Waals surface area contributed by atoms with E-state index >= 15 is 0 Å². The van der Waals surface area contributed by atoms with Gasteiger partial charge in [-0.3, -0.25) is 19.9 Å². The van der Waals surface area contributed by atoms with Crippen molar-refractivity contribution in [3.8, 4) is 0 Å². The number of benzene rings is 3. The van der Waals surface area contributed by atoms with E-state index in [1.807, 2.05) is 96.0 Å². The second-order valence-electron chi connectivity index (χ2n) is 8.34. The van der Waals surface area contributed by atoms with Crippen LogP contribution in [-0.4, -0.2) is 32.3 Å². The second-order valence-corrected chi connectivity index (χ2v) is 8.34. The van der Waals surface area contributed by atoms with Crippen molar-refractivity contribution in [3.05, 3.63) is 108 Å². The van der Waals surface area contributed by atoms with E-state index in [0.29, 0.717) is 18.7 Å². The highest BCUT2D eigenvalue weighted by Crippen LogP contribution is 2.35. The van der Waals surface area contributed by atoms with Crippen LogP contribution in [0.5, 0.6) is 0 Å². The fourth-order valence-electron chi connectivity index (χ4n) is 4.00. The average Bonchev–Trinajstić information content (AvgIpc) is 3.56. The Bertz CT molecular complexity index is 1350. The number of nitrogens with one attached hydrogen (secondary N) is 2. The Hall–Kier alpha value is -4.79. The van der Waals surface area contributed by atoms with E-state index in [1.165, 1.54) is 11.0 Å². The molecule has 9 heteroatoms. The second kappa shape index (κ2) is 10.6. The van der Waals surface area contributed by atoms with Crippen LogP contribution in [-0.2, 0) is 22.7 Å². The molecule has 1 atom stereocenters. The summed E-state index contributed by atoms with van der Waals surface area (Å²) in [4.78, 5) is 29.4. The van der Waals surface area contributed by atoms with Gasteiger partial charge in [0.05, 0.1) is 11.7 Å². The van der Waals surface area contributed by atoms with Crippen molar-refractivity contribution in [1.82, 2.24) is 20.1 Å². The van der Waals surface area contributed by atoms with Crippen molar-refractivity contribution in [2.75, 3.05) is 10.3 Å². The summed E-state index contributed by atoms with van der Waals surface area (Å²) in [6.45, 7) is 0.423. The topological polar surface area (TPSA) is 105 Å². The number of carbonyl (C=O) groups excluding carboxylic acids is 2. The Morgan fingerprint density at radius 1 is 0.889 bits per heavy atom. The van der Waals surface area contributed by atoms with Gasteiger partial charge in [-0.15, -0.1) is 5.10 Å². The van der Waals surface area contributed by atoms with Gasteiger partial charge >= 0.3 is 0 Å². The van der Waals surface area contributed by atoms with Crippen LogP contribution in [0.2, 0.25) is 0 Å². The zero-order valence-electron chi connectivity index (χ0n) is 19.5. The highest BCUT2D eigenvalue weighted by Gasteiger charge is 2.32. The Morgan fingerprint density at radius 2 is 1.56 bits per heavy atom. The van der Waals surface area contributed by atoms with Crippen molar-refractivity contribution in [2.45, 2.75) is 25.6 Å². The molecule has 2 amide bonds. The van der Waals surface area contributed by atoms with Crippen molar-refractivity contribution in [1.29, 1.82) is 0 Å². The van der Waals surface area contributed by atoms with Gasteiger partial charge in [-0.1, -0.05) is 78.9 Å². The molecule has 4 aromatic rings. The minimum Gasteiger partial charge on any atom is -0.350 e. The molecule has 0 fully saturated rings. The Kier molecular flexibility index (Phi) is 6.79. The van der Waals surface area contributed by atoms with Gasteiger partial charge in [0.1, 0.15) is 18.6 Å². The zero-order valence-corrected chi connectivity index (χ0v) is 19.5. The molecule has 1 aliphatic heterocycles. The number of aromatic nitrogens is 3. The van der Waals surface area contributed by atoms with Crippen LogP contribution in [0.25, 0.3) is 0 Å². The summed E-state index contributed by atoms with van der Waals surface area (Å²) < 4.78 is 1.38. The smallest absolute Gasteiger partial charge is 0.274 e. The molecule has 5 rings (SSSR count). The van der Waals surface area contributed by atoms with E-state index in [4.69, 9.17) is 0 Å². The van der Waals surface area contributed by atoms with Crippen LogP contribution >= 0.6 is 0 Å². The zero-order chi connectivity index (χ0) is 24.7. The van der Waals surface area contributed by atoms with E-state index < -0.39 is 0 Å². The van der Waals surface area contributed by atoms with Crippen LogP contribution in [0.1, 0.15) is 23.6 Å². The summed E-state index contributed by atoms with van der Waals surface area (Å²) in [7, 11) is 0. The number of hydrogen-bond donors (Lipinski definition) is 2. The Morgan fingerprint density at radius 3 is 2.28 bits per heavy atom. The summed E-state index contributed by atoms with van der Waals surface area (Å²) in [5.74, 6) is -0.459. The molecule has 9 nitrogen and oxygen atoms in total. The highest BCUT2D eigenvalue weighted by atomic mass is 16.2. The fraction of sp³-hybridized carbons (Fsp3) is 0.148. The quantitative estimate of drug-likeness (QED) is 0.402. The predicted octanol–water partition coefficient (Wildman–Crippen LogP) is 3.54. The van der Waals surface area contributed by atoms with Gasteiger partial charge in [-0.05, 0) is 23.3 Å². The molecule has 0 radical (unpaired) electrons. The standard InChI is InChI=1S/C27H25N7O2/c35-25(28-17-20-10-4-1-5-11-20)18-33-19-29-27(32-33)30-26(36)23-16-24(21-12-6-2-7-13-21)34(31-23)22-14-8-3-9-15-22/h1-15,19,24H,16-18H2,(H,28,35)(H,30,32,36). The first-order valence-electron chi connectivity index (χ1n) is 11.6. The maximum atomic E-state index is 13.0. The maximum Gasteiger partial charge on any atom is 0.274 e. The van der Waals surface area contributed by atoms with Crippen LogP contribution in [0.3, 0.4) is 0 Å². The normalized spacial score (nSPS) is 14.8. The van der Waals surface area contributed by atoms with E-state index in [0.717, 1.165) is 16.8 Å². The summed E-state index contributed by atoms with van der Waals surface area (Å²) >= 11 is 0. The van der Waals surface area contributed by atoms with Crippen LogP contribution in [0.4, 0.5) is 11.6 Å². The monoisotopic (exact) mass is 479 g/mol. The van der Waals surface area contributed by atoms with Gasteiger partial charge in [-0.25, -0.2) is 9.67 Å². The molecular weight excluding hydrogens is 454 g/mol. The van der Waals surface area contributed by atoms with Crippen molar-refractivity contribution in [3.63, 3.8) is 0 Å². The highest BCUT2D eigenvalue weighted by molar-refractivity contribution is 6.43. The van der Waals surface area contributed by atoms with Gasteiger partial charge in [0.25, 0.3) is 5.91 Å². The third-order valence-corrected chi connectivity index (χ3v) is 5.78. The van der Waals surface area contributed by atoms with Crippen molar-refractivity contribution >= 4 is 29.2 Å². The average molecular weight is 480 g/mol. The summed E-state index contributed by atoms with van der Waals surface area (Å²) in [5, 5.41) is 16.3. The minimum absolute atomic E-state index is 0.00544. The molecule has 36 heavy (non-hydrogen) atoms. The van der Waals surface area contributed by atoms with Crippen LogP contribution in [0.15, 0.2) is 102 Å². The summed E-state index contributed by atoms with van der Waals surface area (Å²) in [5.41, 5.74) is 3.35. The number of para-hydroxylation sites is 1.